The molecular weight excluding hydrogens is 374 g/mol. The minimum atomic E-state index is -3.05. The molecule has 1 unspecified atom stereocenters. The number of nitrogens with one attached hydrogen (secondary N) is 1. The summed E-state index contributed by atoms with van der Waals surface area (Å²) in [6.45, 7) is 0.522. The summed E-state index contributed by atoms with van der Waals surface area (Å²) in [5.41, 5.74) is 1.98. The summed E-state index contributed by atoms with van der Waals surface area (Å²) < 4.78 is 23.3. The first-order valence-electron chi connectivity index (χ1n) is 8.26. The molecular formula is C18H20ClN3O3S. The molecule has 0 bridgehead atoms. The third-order valence-corrected chi connectivity index (χ3v) is 6.62. The van der Waals surface area contributed by atoms with Gasteiger partial charge >= 0.3 is 0 Å². The molecule has 1 aliphatic rings. The van der Waals surface area contributed by atoms with E-state index in [0.717, 1.165) is 11.3 Å². The van der Waals surface area contributed by atoms with E-state index in [2.05, 4.69) is 10.3 Å². The molecule has 1 aliphatic heterocycles. The Balaban J connectivity index is 1.68. The van der Waals surface area contributed by atoms with Crippen molar-refractivity contribution in [3.8, 4) is 0 Å². The van der Waals surface area contributed by atoms with Gasteiger partial charge < -0.3 is 10.2 Å². The van der Waals surface area contributed by atoms with E-state index in [4.69, 9.17) is 11.6 Å². The highest BCUT2D eigenvalue weighted by atomic mass is 35.5. The van der Waals surface area contributed by atoms with E-state index in [1.165, 1.54) is 4.90 Å². The number of nitrogens with zero attached hydrogens (tertiary/aromatic N) is 2. The zero-order valence-corrected chi connectivity index (χ0v) is 15.9. The lowest BCUT2D eigenvalue weighted by Gasteiger charge is -2.23. The van der Waals surface area contributed by atoms with Crippen molar-refractivity contribution in [3.05, 3.63) is 58.9 Å². The van der Waals surface area contributed by atoms with Crippen LogP contribution >= 0.6 is 11.6 Å². The van der Waals surface area contributed by atoms with Crippen LogP contribution in [0.3, 0.4) is 0 Å². The fourth-order valence-electron chi connectivity index (χ4n) is 2.92. The van der Waals surface area contributed by atoms with Crippen LogP contribution in [0.4, 0.5) is 5.69 Å². The average Bonchev–Trinajstić information content (AvgIpc) is 3.00. The van der Waals surface area contributed by atoms with Crippen molar-refractivity contribution in [2.24, 2.45) is 0 Å². The second-order valence-corrected chi connectivity index (χ2v) is 8.98. The first kappa shape index (κ1) is 18.7. The van der Waals surface area contributed by atoms with Crippen molar-refractivity contribution in [2.75, 3.05) is 23.9 Å². The molecule has 2 heterocycles. The van der Waals surface area contributed by atoms with Crippen molar-refractivity contribution in [1.29, 1.82) is 0 Å². The van der Waals surface area contributed by atoms with Crippen molar-refractivity contribution >= 4 is 33.0 Å². The summed E-state index contributed by atoms with van der Waals surface area (Å²) in [4.78, 5) is 18.3. The Hall–Kier alpha value is -2.12. The molecule has 0 spiro atoms. The molecule has 1 amide bonds. The van der Waals surface area contributed by atoms with Gasteiger partial charge in [-0.15, -0.1) is 0 Å². The highest BCUT2D eigenvalue weighted by Gasteiger charge is 2.33. The van der Waals surface area contributed by atoms with Crippen molar-refractivity contribution in [1.82, 2.24) is 9.88 Å². The fraction of sp³-hybridized carbons (Fsp3) is 0.333. The summed E-state index contributed by atoms with van der Waals surface area (Å²) in [6.07, 6.45) is 2.02. The van der Waals surface area contributed by atoms with Gasteiger partial charge in [-0.3, -0.25) is 9.78 Å². The van der Waals surface area contributed by atoms with Gasteiger partial charge in [-0.05, 0) is 30.2 Å². The van der Waals surface area contributed by atoms with Crippen LogP contribution in [0.1, 0.15) is 22.5 Å². The Kier molecular flexibility index (Phi) is 5.48. The summed E-state index contributed by atoms with van der Waals surface area (Å²) in [5.74, 6) is -0.143. The number of aromatic nitrogens is 1. The first-order chi connectivity index (χ1) is 12.4. The standard InChI is InChI=1S/C18H20ClN3O3S/c1-22(15-7-9-26(24,25)12-15)18(23)17-10-14(6-8-20-17)21-11-13-4-2-3-5-16(13)19/h2-6,8,10,15H,7,9,11-12H2,1H3,(H,20,21). The molecule has 26 heavy (non-hydrogen) atoms. The zero-order valence-electron chi connectivity index (χ0n) is 14.4. The Morgan fingerprint density at radius 2 is 2.12 bits per heavy atom. The van der Waals surface area contributed by atoms with Crippen LogP contribution in [0.2, 0.25) is 5.02 Å². The number of rotatable bonds is 5. The highest BCUT2D eigenvalue weighted by Crippen LogP contribution is 2.20. The number of benzene rings is 1. The van der Waals surface area contributed by atoms with E-state index in [9.17, 15) is 13.2 Å². The molecule has 2 aromatic rings. The molecule has 1 atom stereocenters. The van der Waals surface area contributed by atoms with E-state index in [0.29, 0.717) is 18.0 Å². The first-order valence-corrected chi connectivity index (χ1v) is 10.5. The number of halogens is 1. The Morgan fingerprint density at radius 3 is 2.81 bits per heavy atom. The highest BCUT2D eigenvalue weighted by molar-refractivity contribution is 7.91. The van der Waals surface area contributed by atoms with Crippen LogP contribution in [-0.2, 0) is 16.4 Å². The lowest BCUT2D eigenvalue weighted by atomic mass is 10.2. The average molecular weight is 394 g/mol. The van der Waals surface area contributed by atoms with Gasteiger partial charge in [-0.2, -0.15) is 0 Å². The second-order valence-electron chi connectivity index (χ2n) is 6.35. The molecule has 138 valence electrons. The van der Waals surface area contributed by atoms with Crippen LogP contribution < -0.4 is 5.32 Å². The van der Waals surface area contributed by atoms with Crippen LogP contribution in [0.15, 0.2) is 42.6 Å². The van der Waals surface area contributed by atoms with E-state index in [1.54, 1.807) is 25.4 Å². The molecule has 3 rings (SSSR count). The molecule has 1 saturated heterocycles. The lowest BCUT2D eigenvalue weighted by molar-refractivity contribution is 0.0742. The van der Waals surface area contributed by atoms with Gasteiger partial charge in [0.05, 0.1) is 11.5 Å². The van der Waals surface area contributed by atoms with Gasteiger partial charge in [0.1, 0.15) is 5.69 Å². The molecule has 6 nitrogen and oxygen atoms in total. The number of hydrogen-bond donors (Lipinski definition) is 1. The van der Waals surface area contributed by atoms with Crippen LogP contribution in [-0.4, -0.2) is 48.8 Å². The summed E-state index contributed by atoms with van der Waals surface area (Å²) in [5, 5.41) is 3.90. The van der Waals surface area contributed by atoms with E-state index in [1.807, 2.05) is 24.3 Å². The summed E-state index contributed by atoms with van der Waals surface area (Å²) in [6, 6.07) is 10.7. The number of sulfone groups is 1. The molecule has 0 radical (unpaired) electrons. The zero-order chi connectivity index (χ0) is 18.7. The van der Waals surface area contributed by atoms with Gasteiger partial charge in [-0.1, -0.05) is 29.8 Å². The van der Waals surface area contributed by atoms with Gasteiger partial charge in [-0.25, -0.2) is 8.42 Å². The maximum atomic E-state index is 12.6. The molecule has 1 N–H and O–H groups in total. The Morgan fingerprint density at radius 1 is 1.35 bits per heavy atom. The Labute approximate surface area is 158 Å². The van der Waals surface area contributed by atoms with E-state index < -0.39 is 9.84 Å². The SMILES string of the molecule is CN(C(=O)c1cc(NCc2ccccc2Cl)ccn1)C1CCS(=O)(=O)C1. The van der Waals surface area contributed by atoms with Gasteiger partial charge in [0.15, 0.2) is 9.84 Å². The van der Waals surface area contributed by atoms with E-state index >= 15 is 0 Å². The van der Waals surface area contributed by atoms with Crippen LogP contribution in [0.5, 0.6) is 0 Å². The molecule has 0 saturated carbocycles. The summed E-state index contributed by atoms with van der Waals surface area (Å²) in [7, 11) is -1.42. The number of pyridine rings is 1. The maximum absolute atomic E-state index is 12.6. The maximum Gasteiger partial charge on any atom is 0.272 e. The third-order valence-electron chi connectivity index (χ3n) is 4.50. The number of carbonyl (C=O) groups excluding carboxylic acids is 1. The lowest BCUT2D eigenvalue weighted by Crippen LogP contribution is -2.38. The second kappa shape index (κ2) is 7.63. The topological polar surface area (TPSA) is 79.4 Å². The third kappa shape index (κ3) is 4.34. The van der Waals surface area contributed by atoms with E-state index in [-0.39, 0.29) is 29.1 Å². The minimum Gasteiger partial charge on any atom is -0.381 e. The number of carbonyl (C=O) groups is 1. The molecule has 1 aromatic heterocycles. The van der Waals surface area contributed by atoms with Crippen LogP contribution in [0, 0.1) is 0 Å². The number of anilines is 1. The molecule has 0 aliphatic carbocycles. The van der Waals surface area contributed by atoms with Gasteiger partial charge in [0, 0.05) is 36.5 Å². The predicted octanol–water partition coefficient (Wildman–Crippen LogP) is 2.61. The molecule has 8 heteroatoms. The monoisotopic (exact) mass is 393 g/mol. The van der Waals surface area contributed by atoms with Crippen molar-refractivity contribution in [2.45, 2.75) is 19.0 Å². The normalized spacial score (nSPS) is 18.5. The number of amides is 1. The molecule has 1 fully saturated rings. The van der Waals surface area contributed by atoms with Gasteiger partial charge in [0.25, 0.3) is 5.91 Å². The quantitative estimate of drug-likeness (QED) is 0.844. The molecule has 1 aromatic carbocycles. The minimum absolute atomic E-state index is 0.0136. The Bertz CT molecular complexity index is 917. The van der Waals surface area contributed by atoms with Crippen molar-refractivity contribution in [3.63, 3.8) is 0 Å². The van der Waals surface area contributed by atoms with Gasteiger partial charge in [0.2, 0.25) is 0 Å². The predicted molar refractivity (Wildman–Crippen MR) is 102 cm³/mol. The fourth-order valence-corrected chi connectivity index (χ4v) is 4.90. The largest absolute Gasteiger partial charge is 0.381 e. The summed E-state index contributed by atoms with van der Waals surface area (Å²) >= 11 is 6.15. The number of hydrogen-bond acceptors (Lipinski definition) is 5. The van der Waals surface area contributed by atoms with Crippen molar-refractivity contribution < 1.29 is 13.2 Å². The van der Waals surface area contributed by atoms with Crippen LogP contribution in [0.25, 0.3) is 0 Å². The smallest absolute Gasteiger partial charge is 0.272 e.